The van der Waals surface area contributed by atoms with Gasteiger partial charge in [0, 0.05) is 47.3 Å². The number of hydrogen-bond acceptors (Lipinski definition) is 2. The SMILES string of the molecule is C=C(NCCc1c[nH]c2ccccc12)c1cccnc1. The summed E-state index contributed by atoms with van der Waals surface area (Å²) in [4.78, 5) is 7.40. The highest BCUT2D eigenvalue weighted by Crippen LogP contribution is 2.18. The van der Waals surface area contributed by atoms with Gasteiger partial charge >= 0.3 is 0 Å². The van der Waals surface area contributed by atoms with Gasteiger partial charge in [0.1, 0.15) is 0 Å². The zero-order valence-electron chi connectivity index (χ0n) is 11.3. The molecule has 0 atom stereocenters. The Labute approximate surface area is 118 Å². The van der Waals surface area contributed by atoms with Crippen molar-refractivity contribution in [1.82, 2.24) is 15.3 Å². The molecule has 3 heteroatoms. The van der Waals surface area contributed by atoms with E-state index in [2.05, 4.69) is 46.3 Å². The van der Waals surface area contributed by atoms with E-state index in [-0.39, 0.29) is 0 Å². The van der Waals surface area contributed by atoms with Crippen LogP contribution in [0, 0.1) is 0 Å². The van der Waals surface area contributed by atoms with Gasteiger partial charge in [0.25, 0.3) is 0 Å². The molecule has 0 saturated carbocycles. The van der Waals surface area contributed by atoms with Gasteiger partial charge in [-0.2, -0.15) is 0 Å². The Bertz CT molecular complexity index is 713. The molecule has 2 heterocycles. The number of nitrogens with zero attached hydrogens (tertiary/aromatic N) is 1. The summed E-state index contributed by atoms with van der Waals surface area (Å²) in [7, 11) is 0. The summed E-state index contributed by atoms with van der Waals surface area (Å²) in [6.07, 6.45) is 6.63. The van der Waals surface area contributed by atoms with Crippen LogP contribution < -0.4 is 5.32 Å². The molecular weight excluding hydrogens is 246 g/mol. The highest BCUT2D eigenvalue weighted by molar-refractivity contribution is 5.83. The van der Waals surface area contributed by atoms with Gasteiger partial charge in [-0.25, -0.2) is 0 Å². The lowest BCUT2D eigenvalue weighted by molar-refractivity contribution is 0.852. The van der Waals surface area contributed by atoms with Crippen LogP contribution in [0.4, 0.5) is 0 Å². The van der Waals surface area contributed by atoms with Gasteiger partial charge in [-0.3, -0.25) is 4.98 Å². The average molecular weight is 263 g/mol. The van der Waals surface area contributed by atoms with Crippen molar-refractivity contribution >= 4 is 16.6 Å². The monoisotopic (exact) mass is 263 g/mol. The molecule has 2 aromatic heterocycles. The van der Waals surface area contributed by atoms with Crippen molar-refractivity contribution in [2.45, 2.75) is 6.42 Å². The van der Waals surface area contributed by atoms with E-state index >= 15 is 0 Å². The predicted octanol–water partition coefficient (Wildman–Crippen LogP) is 3.37. The van der Waals surface area contributed by atoms with Crippen LogP contribution in [0.2, 0.25) is 0 Å². The molecule has 0 radical (unpaired) electrons. The van der Waals surface area contributed by atoms with Crippen molar-refractivity contribution in [2.75, 3.05) is 6.54 Å². The lowest BCUT2D eigenvalue weighted by Gasteiger charge is -2.08. The van der Waals surface area contributed by atoms with E-state index in [4.69, 9.17) is 0 Å². The molecule has 2 N–H and O–H groups in total. The molecule has 0 unspecified atom stereocenters. The molecular formula is C17H17N3. The van der Waals surface area contributed by atoms with Crippen LogP contribution in [0.1, 0.15) is 11.1 Å². The Kier molecular flexibility index (Phi) is 3.50. The molecule has 100 valence electrons. The molecule has 3 rings (SSSR count). The van der Waals surface area contributed by atoms with E-state index in [0.717, 1.165) is 24.2 Å². The number of aromatic nitrogens is 2. The maximum Gasteiger partial charge on any atom is 0.0456 e. The lowest BCUT2D eigenvalue weighted by Crippen LogP contribution is -2.15. The van der Waals surface area contributed by atoms with Crippen molar-refractivity contribution in [2.24, 2.45) is 0 Å². The fourth-order valence-electron chi connectivity index (χ4n) is 2.33. The van der Waals surface area contributed by atoms with Crippen molar-refractivity contribution in [3.63, 3.8) is 0 Å². The molecule has 3 aromatic rings. The van der Waals surface area contributed by atoms with Crippen molar-refractivity contribution < 1.29 is 0 Å². The lowest BCUT2D eigenvalue weighted by atomic mass is 10.1. The van der Waals surface area contributed by atoms with E-state index in [9.17, 15) is 0 Å². The Balaban J connectivity index is 1.62. The van der Waals surface area contributed by atoms with Crippen molar-refractivity contribution in [3.8, 4) is 0 Å². The number of rotatable bonds is 5. The predicted molar refractivity (Wildman–Crippen MR) is 83.3 cm³/mol. The third-order valence-electron chi connectivity index (χ3n) is 3.42. The number of H-pyrrole nitrogens is 1. The molecule has 0 spiro atoms. The first-order chi connectivity index (χ1) is 9.84. The van der Waals surface area contributed by atoms with Crippen LogP contribution in [0.25, 0.3) is 16.6 Å². The highest BCUT2D eigenvalue weighted by atomic mass is 14.9. The van der Waals surface area contributed by atoms with E-state index in [1.54, 1.807) is 6.20 Å². The van der Waals surface area contributed by atoms with E-state index in [1.807, 2.05) is 24.4 Å². The summed E-state index contributed by atoms with van der Waals surface area (Å²) < 4.78 is 0. The van der Waals surface area contributed by atoms with Crippen molar-refractivity contribution in [3.05, 3.63) is 72.7 Å². The Morgan fingerprint density at radius 2 is 2.10 bits per heavy atom. The van der Waals surface area contributed by atoms with Crippen LogP contribution >= 0.6 is 0 Å². The van der Waals surface area contributed by atoms with Gasteiger partial charge in [0.2, 0.25) is 0 Å². The van der Waals surface area contributed by atoms with Crippen LogP contribution in [0.3, 0.4) is 0 Å². The first kappa shape index (κ1) is 12.5. The van der Waals surface area contributed by atoms with Gasteiger partial charge < -0.3 is 10.3 Å². The summed E-state index contributed by atoms with van der Waals surface area (Å²) in [5.74, 6) is 0. The largest absolute Gasteiger partial charge is 0.385 e. The first-order valence-electron chi connectivity index (χ1n) is 6.73. The van der Waals surface area contributed by atoms with E-state index in [0.29, 0.717) is 0 Å². The highest BCUT2D eigenvalue weighted by Gasteiger charge is 2.03. The standard InChI is InChI=1S/C17H17N3/c1-13(14-5-4-9-18-11-14)19-10-8-15-12-20-17-7-3-2-6-16(15)17/h2-7,9,11-12,19-20H,1,8,10H2. The Morgan fingerprint density at radius 3 is 2.95 bits per heavy atom. The number of pyridine rings is 1. The van der Waals surface area contributed by atoms with Gasteiger partial charge in [0.15, 0.2) is 0 Å². The molecule has 0 aliphatic heterocycles. The second kappa shape index (κ2) is 5.61. The minimum Gasteiger partial charge on any atom is -0.385 e. The smallest absolute Gasteiger partial charge is 0.0456 e. The van der Waals surface area contributed by atoms with Crippen LogP contribution in [0.5, 0.6) is 0 Å². The average Bonchev–Trinajstić information content (AvgIpc) is 2.92. The fourth-order valence-corrected chi connectivity index (χ4v) is 2.33. The second-order valence-corrected chi connectivity index (χ2v) is 4.76. The minimum atomic E-state index is 0.857. The third kappa shape index (κ3) is 2.57. The zero-order chi connectivity index (χ0) is 13.8. The first-order valence-corrected chi connectivity index (χ1v) is 6.73. The summed E-state index contributed by atoms with van der Waals surface area (Å²) in [6, 6.07) is 12.3. The molecule has 0 aliphatic rings. The molecule has 20 heavy (non-hydrogen) atoms. The van der Waals surface area contributed by atoms with Crippen LogP contribution in [0.15, 0.2) is 61.6 Å². The van der Waals surface area contributed by atoms with Gasteiger partial charge in [0.05, 0.1) is 0 Å². The maximum absolute atomic E-state index is 4.10. The molecule has 0 saturated heterocycles. The summed E-state index contributed by atoms with van der Waals surface area (Å²) in [6.45, 7) is 4.90. The number of para-hydroxylation sites is 1. The fraction of sp³-hybridized carbons (Fsp3) is 0.118. The normalized spacial score (nSPS) is 10.6. The van der Waals surface area contributed by atoms with Gasteiger partial charge in [-0.15, -0.1) is 0 Å². The number of hydrogen-bond donors (Lipinski definition) is 2. The number of aromatic amines is 1. The Hall–Kier alpha value is -2.55. The van der Waals surface area contributed by atoms with E-state index in [1.165, 1.54) is 16.5 Å². The number of fused-ring (bicyclic) bond motifs is 1. The topological polar surface area (TPSA) is 40.7 Å². The molecule has 0 fully saturated rings. The van der Waals surface area contributed by atoms with Crippen molar-refractivity contribution in [1.29, 1.82) is 0 Å². The van der Waals surface area contributed by atoms with Crippen LogP contribution in [-0.4, -0.2) is 16.5 Å². The number of benzene rings is 1. The zero-order valence-corrected chi connectivity index (χ0v) is 11.3. The maximum atomic E-state index is 4.10. The number of nitrogens with one attached hydrogen (secondary N) is 2. The summed E-state index contributed by atoms with van der Waals surface area (Å²) in [5, 5.41) is 4.65. The minimum absolute atomic E-state index is 0.857. The van der Waals surface area contributed by atoms with Gasteiger partial charge in [-0.05, 0) is 30.2 Å². The summed E-state index contributed by atoms with van der Waals surface area (Å²) >= 11 is 0. The van der Waals surface area contributed by atoms with Crippen LogP contribution in [-0.2, 0) is 6.42 Å². The summed E-state index contributed by atoms with van der Waals surface area (Å²) in [5.41, 5.74) is 4.46. The van der Waals surface area contributed by atoms with Gasteiger partial charge in [-0.1, -0.05) is 24.8 Å². The molecule has 0 bridgehead atoms. The molecule has 3 nitrogen and oxygen atoms in total. The second-order valence-electron chi connectivity index (χ2n) is 4.76. The Morgan fingerprint density at radius 1 is 1.20 bits per heavy atom. The quantitative estimate of drug-likeness (QED) is 0.741. The van der Waals surface area contributed by atoms with E-state index < -0.39 is 0 Å². The molecule has 1 aromatic carbocycles. The molecule has 0 aliphatic carbocycles. The third-order valence-corrected chi connectivity index (χ3v) is 3.42. The molecule has 0 amide bonds.